The second-order valence-corrected chi connectivity index (χ2v) is 8.14. The summed E-state index contributed by atoms with van der Waals surface area (Å²) in [4.78, 5) is 57.6. The highest BCUT2D eigenvalue weighted by Crippen LogP contribution is 2.34. The van der Waals surface area contributed by atoms with Gasteiger partial charge >= 0.3 is 5.69 Å². The van der Waals surface area contributed by atoms with Crippen molar-refractivity contribution in [3.05, 3.63) is 32.6 Å². The Morgan fingerprint density at radius 2 is 1.86 bits per heavy atom. The number of hydrogen-bond donors (Lipinski definition) is 3. The zero-order chi connectivity index (χ0) is 20.5. The number of piperidine rings is 1. The van der Waals surface area contributed by atoms with Gasteiger partial charge in [0.1, 0.15) is 11.6 Å². The topological polar surface area (TPSA) is 118 Å². The summed E-state index contributed by atoms with van der Waals surface area (Å²) in [6.45, 7) is 8.06. The maximum atomic E-state index is 13.0. The number of aromatic amines is 2. The summed E-state index contributed by atoms with van der Waals surface area (Å²) in [5, 5.41) is 2.96. The van der Waals surface area contributed by atoms with Gasteiger partial charge in [0.2, 0.25) is 11.8 Å². The third-order valence-electron chi connectivity index (χ3n) is 5.81. The SMILES string of the molecule is CCN1C(=O)C(CC(C)C)NC(=O)C12CCN(Cc1c[nH]c(=O)[nH]c1=O)CC2. The molecule has 0 aromatic carbocycles. The lowest BCUT2D eigenvalue weighted by atomic mass is 9.81. The van der Waals surface area contributed by atoms with E-state index in [0.717, 1.165) is 0 Å². The number of piperazine rings is 1. The largest absolute Gasteiger partial charge is 0.342 e. The van der Waals surface area contributed by atoms with Crippen LogP contribution in [0, 0.1) is 5.92 Å². The van der Waals surface area contributed by atoms with Crippen LogP contribution < -0.4 is 16.6 Å². The first-order valence-corrected chi connectivity index (χ1v) is 9.92. The molecule has 3 N–H and O–H groups in total. The molecule has 2 amide bonds. The number of carbonyl (C=O) groups excluding carboxylic acids is 2. The van der Waals surface area contributed by atoms with E-state index in [0.29, 0.717) is 56.9 Å². The molecule has 9 nitrogen and oxygen atoms in total. The van der Waals surface area contributed by atoms with Gasteiger partial charge in [-0.15, -0.1) is 0 Å². The minimum atomic E-state index is -0.812. The van der Waals surface area contributed by atoms with Gasteiger partial charge in [-0.1, -0.05) is 13.8 Å². The van der Waals surface area contributed by atoms with Crippen molar-refractivity contribution in [2.45, 2.75) is 58.2 Å². The number of H-pyrrole nitrogens is 2. The van der Waals surface area contributed by atoms with Gasteiger partial charge in [0.05, 0.1) is 0 Å². The summed E-state index contributed by atoms with van der Waals surface area (Å²) in [6, 6.07) is -0.448. The van der Waals surface area contributed by atoms with Crippen molar-refractivity contribution in [1.82, 2.24) is 25.1 Å². The average Bonchev–Trinajstić information content (AvgIpc) is 2.64. The molecule has 2 fully saturated rings. The first kappa shape index (κ1) is 20.3. The Balaban J connectivity index is 1.72. The van der Waals surface area contributed by atoms with E-state index in [4.69, 9.17) is 0 Å². The molecule has 154 valence electrons. The fourth-order valence-electron chi connectivity index (χ4n) is 4.34. The van der Waals surface area contributed by atoms with Crippen LogP contribution in [-0.4, -0.2) is 62.8 Å². The molecule has 1 unspecified atom stereocenters. The van der Waals surface area contributed by atoms with Crippen molar-refractivity contribution in [1.29, 1.82) is 0 Å². The third kappa shape index (κ3) is 3.76. The van der Waals surface area contributed by atoms with Gasteiger partial charge in [0.25, 0.3) is 5.56 Å². The zero-order valence-electron chi connectivity index (χ0n) is 16.7. The second kappa shape index (κ2) is 7.90. The van der Waals surface area contributed by atoms with Crippen molar-refractivity contribution in [3.63, 3.8) is 0 Å². The molecule has 3 heterocycles. The van der Waals surface area contributed by atoms with E-state index < -0.39 is 22.8 Å². The van der Waals surface area contributed by atoms with Crippen molar-refractivity contribution >= 4 is 11.8 Å². The van der Waals surface area contributed by atoms with E-state index in [1.165, 1.54) is 6.20 Å². The van der Waals surface area contributed by atoms with Crippen molar-refractivity contribution in [2.75, 3.05) is 19.6 Å². The molecular weight excluding hydrogens is 362 g/mol. The fraction of sp³-hybridized carbons (Fsp3) is 0.684. The van der Waals surface area contributed by atoms with Crippen LogP contribution in [0.15, 0.2) is 15.8 Å². The second-order valence-electron chi connectivity index (χ2n) is 8.14. The number of carbonyl (C=O) groups is 2. The number of likely N-dealkylation sites (tertiary alicyclic amines) is 1. The Morgan fingerprint density at radius 3 is 2.43 bits per heavy atom. The lowest BCUT2D eigenvalue weighted by molar-refractivity contribution is -0.161. The number of rotatable bonds is 5. The van der Waals surface area contributed by atoms with Gasteiger partial charge in [-0.25, -0.2) is 4.79 Å². The Morgan fingerprint density at radius 1 is 1.18 bits per heavy atom. The summed E-state index contributed by atoms with van der Waals surface area (Å²) in [5.74, 6) is 0.252. The van der Waals surface area contributed by atoms with Gasteiger partial charge in [-0.2, -0.15) is 0 Å². The molecule has 2 aliphatic rings. The van der Waals surface area contributed by atoms with Crippen LogP contribution in [0.4, 0.5) is 0 Å². The normalized spacial score (nSPS) is 22.7. The summed E-state index contributed by atoms with van der Waals surface area (Å²) >= 11 is 0. The van der Waals surface area contributed by atoms with Gasteiger partial charge in [0.15, 0.2) is 0 Å². The van der Waals surface area contributed by atoms with Crippen LogP contribution in [0.3, 0.4) is 0 Å². The lowest BCUT2D eigenvalue weighted by Crippen LogP contribution is -2.72. The van der Waals surface area contributed by atoms with E-state index in [9.17, 15) is 19.2 Å². The maximum Gasteiger partial charge on any atom is 0.325 e. The van der Waals surface area contributed by atoms with Crippen molar-refractivity contribution < 1.29 is 9.59 Å². The summed E-state index contributed by atoms with van der Waals surface area (Å²) in [7, 11) is 0. The van der Waals surface area contributed by atoms with Crippen LogP contribution in [0.1, 0.15) is 45.6 Å². The van der Waals surface area contributed by atoms with Crippen LogP contribution in [0.25, 0.3) is 0 Å². The Kier molecular flexibility index (Phi) is 5.74. The molecule has 0 aliphatic carbocycles. The predicted octanol–water partition coefficient (Wildman–Crippen LogP) is -0.209. The first-order chi connectivity index (χ1) is 13.3. The zero-order valence-corrected chi connectivity index (χ0v) is 16.7. The smallest absolute Gasteiger partial charge is 0.325 e. The molecule has 2 aliphatic heterocycles. The van der Waals surface area contributed by atoms with E-state index >= 15 is 0 Å². The number of aromatic nitrogens is 2. The standard InChI is InChI=1S/C19H29N5O4/c1-4-24-16(26)14(9-12(2)3)21-17(27)19(24)5-7-23(8-6-19)11-13-10-20-18(28)22-15(13)25/h10,12,14H,4-9,11H2,1-3H3,(H,21,27)(H2,20,22,25,28). The predicted molar refractivity (Wildman–Crippen MR) is 104 cm³/mol. The molecule has 9 heteroatoms. The highest BCUT2D eigenvalue weighted by Gasteiger charge is 2.52. The molecule has 28 heavy (non-hydrogen) atoms. The Bertz CT molecular complexity index is 850. The summed E-state index contributed by atoms with van der Waals surface area (Å²) < 4.78 is 0. The molecule has 1 aromatic rings. The minimum absolute atomic E-state index is 0.00123. The molecule has 0 bridgehead atoms. The molecule has 1 spiro atoms. The Hall–Kier alpha value is -2.42. The monoisotopic (exact) mass is 391 g/mol. The van der Waals surface area contributed by atoms with Gasteiger partial charge in [-0.05, 0) is 32.1 Å². The summed E-state index contributed by atoms with van der Waals surface area (Å²) in [5.41, 5.74) is -1.27. The van der Waals surface area contributed by atoms with E-state index in [1.54, 1.807) is 4.90 Å². The minimum Gasteiger partial charge on any atom is -0.342 e. The van der Waals surface area contributed by atoms with E-state index in [1.807, 2.05) is 20.8 Å². The molecule has 1 atom stereocenters. The fourth-order valence-corrected chi connectivity index (χ4v) is 4.34. The van der Waals surface area contributed by atoms with Crippen LogP contribution in [0.5, 0.6) is 0 Å². The molecule has 3 rings (SSSR count). The number of nitrogens with one attached hydrogen (secondary N) is 3. The average molecular weight is 391 g/mol. The highest BCUT2D eigenvalue weighted by molar-refractivity contribution is 6.00. The van der Waals surface area contributed by atoms with Crippen LogP contribution in [-0.2, 0) is 16.1 Å². The van der Waals surface area contributed by atoms with Gasteiger partial charge in [-0.3, -0.25) is 24.3 Å². The van der Waals surface area contributed by atoms with E-state index in [2.05, 4.69) is 20.2 Å². The van der Waals surface area contributed by atoms with Crippen LogP contribution >= 0.6 is 0 Å². The first-order valence-electron chi connectivity index (χ1n) is 9.92. The number of nitrogens with zero attached hydrogens (tertiary/aromatic N) is 2. The highest BCUT2D eigenvalue weighted by atomic mass is 16.2. The summed E-state index contributed by atoms with van der Waals surface area (Å²) in [6.07, 6.45) is 3.11. The van der Waals surface area contributed by atoms with Crippen LogP contribution in [0.2, 0.25) is 0 Å². The molecule has 0 saturated carbocycles. The number of hydrogen-bond acceptors (Lipinski definition) is 5. The van der Waals surface area contributed by atoms with Crippen molar-refractivity contribution in [2.24, 2.45) is 5.92 Å². The third-order valence-corrected chi connectivity index (χ3v) is 5.81. The number of amides is 2. The lowest BCUT2D eigenvalue weighted by Gasteiger charge is -2.51. The molecular formula is C19H29N5O4. The van der Waals surface area contributed by atoms with E-state index in [-0.39, 0.29) is 11.8 Å². The Labute approximate surface area is 163 Å². The quantitative estimate of drug-likeness (QED) is 0.642. The molecule has 0 radical (unpaired) electrons. The van der Waals surface area contributed by atoms with Gasteiger partial charge in [0, 0.05) is 37.9 Å². The van der Waals surface area contributed by atoms with Crippen molar-refractivity contribution in [3.8, 4) is 0 Å². The number of likely N-dealkylation sites (N-methyl/N-ethyl adjacent to an activating group) is 1. The maximum absolute atomic E-state index is 13.0. The molecule has 2 saturated heterocycles. The van der Waals surface area contributed by atoms with Gasteiger partial charge < -0.3 is 15.2 Å². The molecule has 1 aromatic heterocycles.